The Labute approximate surface area is 101 Å². The highest BCUT2D eigenvalue weighted by Gasteiger charge is 2.38. The van der Waals surface area contributed by atoms with Crippen molar-refractivity contribution in [2.45, 2.75) is 19.0 Å². The molecule has 0 aromatic carbocycles. The number of nitrogens with zero attached hydrogens (tertiary/aromatic N) is 1. The quantitative estimate of drug-likeness (QED) is 0.576. The smallest absolute Gasteiger partial charge is 0.348 e. The lowest BCUT2D eigenvalue weighted by molar-refractivity contribution is -0.173. The Morgan fingerprint density at radius 2 is 1.72 bits per heavy atom. The second kappa shape index (κ2) is 5.65. The average Bonchev–Trinajstić information content (AvgIpc) is 2.58. The minimum absolute atomic E-state index is 0.132. The Bertz CT molecular complexity index is 372. The number of hydrogen-bond acceptors (Lipinski definition) is 3. The molecule has 0 aromatic heterocycles. The molecule has 1 aliphatic heterocycles. The maximum Gasteiger partial charge on any atom is 0.471 e. The molecular weight excluding hydrogens is 253 g/mol. The molecule has 18 heavy (non-hydrogen) atoms. The third kappa shape index (κ3) is 3.86. The van der Waals surface area contributed by atoms with Crippen LogP contribution in [0.3, 0.4) is 0 Å². The van der Waals surface area contributed by atoms with E-state index in [4.69, 9.17) is 0 Å². The second-order valence-electron chi connectivity index (χ2n) is 3.62. The van der Waals surface area contributed by atoms with Gasteiger partial charge in [-0.2, -0.15) is 13.2 Å². The lowest BCUT2D eigenvalue weighted by Crippen LogP contribution is -2.37. The maximum atomic E-state index is 11.8. The van der Waals surface area contributed by atoms with E-state index in [1.807, 2.05) is 0 Å². The molecule has 1 rings (SSSR count). The lowest BCUT2D eigenvalue weighted by Gasteiger charge is -2.13. The third-order valence-electron chi connectivity index (χ3n) is 2.25. The summed E-state index contributed by atoms with van der Waals surface area (Å²) in [6.07, 6.45) is -2.04. The first kappa shape index (κ1) is 14.2. The Kier molecular flexibility index (Phi) is 4.46. The Morgan fingerprint density at radius 1 is 1.17 bits per heavy atom. The molecule has 1 heterocycles. The number of amides is 3. The van der Waals surface area contributed by atoms with Crippen molar-refractivity contribution >= 4 is 17.7 Å². The van der Waals surface area contributed by atoms with Crippen molar-refractivity contribution in [3.05, 3.63) is 12.2 Å². The first-order valence-corrected chi connectivity index (χ1v) is 5.21. The lowest BCUT2D eigenvalue weighted by atomic mass is 10.3. The van der Waals surface area contributed by atoms with Gasteiger partial charge in [0.2, 0.25) is 0 Å². The first-order valence-electron chi connectivity index (χ1n) is 5.21. The molecule has 100 valence electrons. The fourth-order valence-electron chi connectivity index (χ4n) is 1.35. The molecule has 0 spiro atoms. The SMILES string of the molecule is O=C1C=CC(=O)N1CCCCNC(=O)C(F)(F)F. The number of halogens is 3. The number of nitrogens with one attached hydrogen (secondary N) is 1. The summed E-state index contributed by atoms with van der Waals surface area (Å²) in [6.45, 7) is -0.0193. The van der Waals surface area contributed by atoms with Crippen LogP contribution in [0.5, 0.6) is 0 Å². The summed E-state index contributed by atoms with van der Waals surface area (Å²) in [6, 6.07) is 0. The zero-order valence-corrected chi connectivity index (χ0v) is 9.29. The molecule has 0 aliphatic carbocycles. The van der Waals surface area contributed by atoms with Crippen LogP contribution in [0, 0.1) is 0 Å². The molecule has 0 fully saturated rings. The van der Waals surface area contributed by atoms with Crippen LogP contribution in [-0.4, -0.2) is 41.9 Å². The van der Waals surface area contributed by atoms with Crippen LogP contribution in [0.25, 0.3) is 0 Å². The zero-order chi connectivity index (χ0) is 13.8. The molecule has 0 atom stereocenters. The van der Waals surface area contributed by atoms with Gasteiger partial charge in [-0.25, -0.2) is 0 Å². The number of alkyl halides is 3. The van der Waals surface area contributed by atoms with Gasteiger partial charge in [0.25, 0.3) is 11.8 Å². The number of unbranched alkanes of at least 4 members (excludes halogenated alkanes) is 1. The van der Waals surface area contributed by atoms with E-state index in [2.05, 4.69) is 0 Å². The summed E-state index contributed by atoms with van der Waals surface area (Å²) in [7, 11) is 0. The second-order valence-corrected chi connectivity index (χ2v) is 3.62. The van der Waals surface area contributed by atoms with E-state index in [0.717, 1.165) is 17.1 Å². The summed E-state index contributed by atoms with van der Waals surface area (Å²) in [4.78, 5) is 33.6. The Hall–Kier alpha value is -1.86. The van der Waals surface area contributed by atoms with Crippen LogP contribution in [-0.2, 0) is 14.4 Å². The van der Waals surface area contributed by atoms with E-state index in [1.165, 1.54) is 0 Å². The van der Waals surface area contributed by atoms with Gasteiger partial charge >= 0.3 is 12.1 Å². The van der Waals surface area contributed by atoms with E-state index in [-0.39, 0.29) is 19.5 Å². The van der Waals surface area contributed by atoms with E-state index in [0.29, 0.717) is 6.42 Å². The van der Waals surface area contributed by atoms with Gasteiger partial charge in [0, 0.05) is 25.2 Å². The summed E-state index contributed by atoms with van der Waals surface area (Å²) >= 11 is 0. The molecule has 0 radical (unpaired) electrons. The van der Waals surface area contributed by atoms with Crippen molar-refractivity contribution < 1.29 is 27.6 Å². The fourth-order valence-corrected chi connectivity index (χ4v) is 1.35. The first-order chi connectivity index (χ1) is 8.32. The van der Waals surface area contributed by atoms with Crippen LogP contribution in [0.15, 0.2) is 12.2 Å². The van der Waals surface area contributed by atoms with Gasteiger partial charge in [0.15, 0.2) is 0 Å². The van der Waals surface area contributed by atoms with Gasteiger partial charge in [-0.1, -0.05) is 0 Å². The molecule has 0 saturated carbocycles. The highest BCUT2D eigenvalue weighted by molar-refractivity contribution is 6.12. The third-order valence-corrected chi connectivity index (χ3v) is 2.25. The van der Waals surface area contributed by atoms with Crippen LogP contribution in [0.1, 0.15) is 12.8 Å². The molecule has 0 unspecified atom stereocenters. The average molecular weight is 264 g/mol. The van der Waals surface area contributed by atoms with Gasteiger partial charge < -0.3 is 5.32 Å². The van der Waals surface area contributed by atoms with Crippen molar-refractivity contribution in [1.29, 1.82) is 0 Å². The maximum absolute atomic E-state index is 11.8. The van der Waals surface area contributed by atoms with Crippen molar-refractivity contribution in [2.24, 2.45) is 0 Å². The summed E-state index contributed by atoms with van der Waals surface area (Å²) in [5, 5.41) is 1.70. The zero-order valence-electron chi connectivity index (χ0n) is 9.29. The molecule has 8 heteroatoms. The van der Waals surface area contributed by atoms with Gasteiger partial charge in [-0.05, 0) is 12.8 Å². The van der Waals surface area contributed by atoms with E-state index in [9.17, 15) is 27.6 Å². The van der Waals surface area contributed by atoms with E-state index < -0.39 is 23.9 Å². The molecule has 0 aromatic rings. The topological polar surface area (TPSA) is 66.5 Å². The van der Waals surface area contributed by atoms with Crippen molar-refractivity contribution in [3.63, 3.8) is 0 Å². The molecule has 1 N–H and O–H groups in total. The van der Waals surface area contributed by atoms with Gasteiger partial charge in [-0.15, -0.1) is 0 Å². The van der Waals surface area contributed by atoms with E-state index in [1.54, 1.807) is 5.32 Å². The number of rotatable bonds is 5. The molecule has 0 bridgehead atoms. The molecule has 0 saturated heterocycles. The summed E-state index contributed by atoms with van der Waals surface area (Å²) in [5.41, 5.74) is 0. The van der Waals surface area contributed by atoms with Crippen LogP contribution in [0.4, 0.5) is 13.2 Å². The van der Waals surface area contributed by atoms with E-state index >= 15 is 0 Å². The molecule has 1 aliphatic rings. The van der Waals surface area contributed by atoms with Gasteiger partial charge in [0.05, 0.1) is 0 Å². The summed E-state index contributed by atoms with van der Waals surface area (Å²) in [5.74, 6) is -2.85. The number of carbonyl (C=O) groups is 3. The molecular formula is C10H11F3N2O3. The van der Waals surface area contributed by atoms with Crippen LogP contribution < -0.4 is 5.32 Å². The van der Waals surface area contributed by atoms with Crippen LogP contribution >= 0.6 is 0 Å². The predicted octanol–water partition coefficient (Wildman–Crippen LogP) is 0.370. The predicted molar refractivity (Wildman–Crippen MR) is 54.2 cm³/mol. The highest BCUT2D eigenvalue weighted by Crippen LogP contribution is 2.14. The fraction of sp³-hybridized carbons (Fsp3) is 0.500. The van der Waals surface area contributed by atoms with Crippen molar-refractivity contribution in [1.82, 2.24) is 10.2 Å². The molecule has 3 amide bonds. The standard InChI is InChI=1S/C10H11F3N2O3/c11-10(12,13)9(18)14-5-1-2-6-15-7(16)3-4-8(15)17/h3-4H,1-2,5-6H2,(H,14,18). The highest BCUT2D eigenvalue weighted by atomic mass is 19.4. The largest absolute Gasteiger partial charge is 0.471 e. The van der Waals surface area contributed by atoms with Crippen molar-refractivity contribution in [2.75, 3.05) is 13.1 Å². The minimum atomic E-state index is -4.88. The monoisotopic (exact) mass is 264 g/mol. The van der Waals surface area contributed by atoms with Gasteiger partial charge in [-0.3, -0.25) is 19.3 Å². The number of carbonyl (C=O) groups excluding carboxylic acids is 3. The summed E-state index contributed by atoms with van der Waals surface area (Å²) < 4.78 is 35.4. The minimum Gasteiger partial charge on any atom is -0.348 e. The Morgan fingerprint density at radius 3 is 2.22 bits per heavy atom. The normalized spacial score (nSPS) is 15.4. The number of imide groups is 1. The van der Waals surface area contributed by atoms with Crippen LogP contribution in [0.2, 0.25) is 0 Å². The Balaban J connectivity index is 2.15. The number of hydrogen-bond donors (Lipinski definition) is 1. The van der Waals surface area contributed by atoms with Gasteiger partial charge in [0.1, 0.15) is 0 Å². The molecule has 5 nitrogen and oxygen atoms in total. The van der Waals surface area contributed by atoms with Crippen molar-refractivity contribution in [3.8, 4) is 0 Å².